The van der Waals surface area contributed by atoms with E-state index in [1.54, 1.807) is 0 Å². The molecule has 3 aromatic rings. The number of hydrogen-bond acceptors (Lipinski definition) is 5. The Morgan fingerprint density at radius 2 is 1.83 bits per heavy atom. The fourth-order valence-electron chi connectivity index (χ4n) is 4.09. The van der Waals surface area contributed by atoms with Crippen molar-refractivity contribution in [2.24, 2.45) is 0 Å². The Morgan fingerprint density at radius 1 is 1.03 bits per heavy atom. The van der Waals surface area contributed by atoms with Crippen molar-refractivity contribution in [3.05, 3.63) is 42.9 Å². The van der Waals surface area contributed by atoms with Crippen LogP contribution in [0.5, 0.6) is 5.75 Å². The third-order valence-corrected chi connectivity index (χ3v) is 5.58. The zero-order chi connectivity index (χ0) is 18.1. The molecular formula is C21H27Cl2N5O. The smallest absolute Gasteiger partial charge is 0.180 e. The van der Waals surface area contributed by atoms with Crippen LogP contribution in [-0.4, -0.2) is 46.7 Å². The number of nitrogens with one attached hydrogen (secondary N) is 1. The van der Waals surface area contributed by atoms with Gasteiger partial charge in [-0.2, -0.15) is 0 Å². The minimum absolute atomic E-state index is 0. The van der Waals surface area contributed by atoms with Gasteiger partial charge in [0, 0.05) is 37.1 Å². The summed E-state index contributed by atoms with van der Waals surface area (Å²) in [4.78, 5) is 11.6. The first-order chi connectivity index (χ1) is 13.4. The third-order valence-electron chi connectivity index (χ3n) is 5.58. The van der Waals surface area contributed by atoms with Crippen LogP contribution in [-0.2, 0) is 0 Å². The zero-order valence-electron chi connectivity index (χ0n) is 16.3. The van der Waals surface area contributed by atoms with Crippen molar-refractivity contribution in [2.75, 3.05) is 31.1 Å². The van der Waals surface area contributed by atoms with E-state index in [2.05, 4.69) is 36.7 Å². The maximum Gasteiger partial charge on any atom is 0.180 e. The molecule has 0 bridgehead atoms. The lowest BCUT2D eigenvalue weighted by atomic mass is 10.1. The van der Waals surface area contributed by atoms with Crippen LogP contribution in [0, 0.1) is 0 Å². The topological polar surface area (TPSA) is 54.7 Å². The minimum Gasteiger partial charge on any atom is -0.492 e. The number of ether oxygens (including phenoxy) is 1. The Kier molecular flexibility index (Phi) is 7.22. The zero-order valence-corrected chi connectivity index (χ0v) is 17.9. The van der Waals surface area contributed by atoms with E-state index in [4.69, 9.17) is 4.74 Å². The lowest BCUT2D eigenvalue weighted by Gasteiger charge is -2.16. The molecule has 8 heteroatoms. The molecule has 5 rings (SSSR count). The molecule has 4 heterocycles. The highest BCUT2D eigenvalue weighted by molar-refractivity contribution is 5.85. The lowest BCUT2D eigenvalue weighted by molar-refractivity contribution is 0.277. The van der Waals surface area contributed by atoms with E-state index in [9.17, 15) is 0 Å². The average molecular weight is 436 g/mol. The van der Waals surface area contributed by atoms with Crippen molar-refractivity contribution < 1.29 is 4.74 Å². The summed E-state index contributed by atoms with van der Waals surface area (Å²) in [5.41, 5.74) is 3.14. The number of anilines is 1. The van der Waals surface area contributed by atoms with Gasteiger partial charge in [-0.15, -0.1) is 24.8 Å². The molecule has 0 saturated carbocycles. The van der Waals surface area contributed by atoms with Gasteiger partial charge in [-0.1, -0.05) is 0 Å². The van der Waals surface area contributed by atoms with Crippen LogP contribution >= 0.6 is 24.8 Å². The molecule has 1 atom stereocenters. The molecule has 6 nitrogen and oxygen atoms in total. The predicted octanol–water partition coefficient (Wildman–Crippen LogP) is 3.97. The van der Waals surface area contributed by atoms with Gasteiger partial charge >= 0.3 is 0 Å². The summed E-state index contributed by atoms with van der Waals surface area (Å²) in [6, 6.07) is 8.80. The van der Waals surface area contributed by atoms with Gasteiger partial charge in [0.25, 0.3) is 0 Å². The molecule has 1 aromatic carbocycles. The van der Waals surface area contributed by atoms with Crippen molar-refractivity contribution in [3.63, 3.8) is 0 Å². The summed E-state index contributed by atoms with van der Waals surface area (Å²) in [5.74, 6) is 1.91. The molecule has 1 unspecified atom stereocenters. The van der Waals surface area contributed by atoms with Crippen LogP contribution in [0.2, 0.25) is 0 Å². The van der Waals surface area contributed by atoms with E-state index >= 15 is 0 Å². The van der Waals surface area contributed by atoms with Gasteiger partial charge in [-0.25, -0.2) is 9.97 Å². The summed E-state index contributed by atoms with van der Waals surface area (Å²) < 4.78 is 8.07. The first kappa shape index (κ1) is 21.7. The summed E-state index contributed by atoms with van der Waals surface area (Å²) in [5, 5.41) is 3.46. The van der Waals surface area contributed by atoms with Crippen LogP contribution < -0.4 is 15.0 Å². The summed E-state index contributed by atoms with van der Waals surface area (Å²) in [7, 11) is 0. The van der Waals surface area contributed by atoms with Crippen molar-refractivity contribution in [2.45, 2.75) is 31.7 Å². The van der Waals surface area contributed by atoms with Crippen LogP contribution in [0.1, 0.15) is 25.7 Å². The second-order valence-corrected chi connectivity index (χ2v) is 7.41. The van der Waals surface area contributed by atoms with Gasteiger partial charge in [-0.3, -0.25) is 4.40 Å². The molecule has 29 heavy (non-hydrogen) atoms. The lowest BCUT2D eigenvalue weighted by Crippen LogP contribution is -2.28. The first-order valence-corrected chi connectivity index (χ1v) is 9.92. The molecular weight excluding hydrogens is 409 g/mol. The van der Waals surface area contributed by atoms with Gasteiger partial charge in [0.05, 0.1) is 11.9 Å². The number of nitrogens with zero attached hydrogens (tertiary/aromatic N) is 4. The normalized spacial score (nSPS) is 18.5. The number of fused-ring (bicyclic) bond motifs is 1. The van der Waals surface area contributed by atoms with Gasteiger partial charge in [0.2, 0.25) is 0 Å². The minimum atomic E-state index is 0. The monoisotopic (exact) mass is 435 g/mol. The largest absolute Gasteiger partial charge is 0.492 e. The second kappa shape index (κ2) is 9.65. The van der Waals surface area contributed by atoms with Crippen LogP contribution in [0.4, 0.5) is 5.82 Å². The number of rotatable bonds is 5. The van der Waals surface area contributed by atoms with E-state index in [0.717, 1.165) is 54.7 Å². The van der Waals surface area contributed by atoms with Gasteiger partial charge in [-0.05, 0) is 56.5 Å². The average Bonchev–Trinajstić information content (AvgIpc) is 3.48. The van der Waals surface area contributed by atoms with Crippen LogP contribution in [0.25, 0.3) is 16.9 Å². The van der Waals surface area contributed by atoms with Crippen molar-refractivity contribution in [3.8, 4) is 17.0 Å². The molecule has 0 spiro atoms. The quantitative estimate of drug-likeness (QED) is 0.656. The third kappa shape index (κ3) is 4.44. The molecule has 156 valence electrons. The highest BCUT2D eigenvalue weighted by Crippen LogP contribution is 2.28. The Labute approximate surface area is 183 Å². The molecule has 2 saturated heterocycles. The van der Waals surface area contributed by atoms with E-state index in [1.165, 1.54) is 25.7 Å². The Hall–Kier alpha value is -2.02. The molecule has 2 aromatic heterocycles. The fraction of sp³-hybridized carbons (Fsp3) is 0.429. The van der Waals surface area contributed by atoms with Crippen molar-refractivity contribution in [1.29, 1.82) is 0 Å². The summed E-state index contributed by atoms with van der Waals surface area (Å²) in [6.07, 6.45) is 10.7. The number of imidazole rings is 1. The number of aromatic nitrogens is 3. The second-order valence-electron chi connectivity index (χ2n) is 7.41. The molecule has 2 fully saturated rings. The SMILES string of the molecule is Cl.Cl.c1cn2c(-c3ccc(OCC4CCCN4)cc3)cnc2c(N2CCCC2)n1. The van der Waals surface area contributed by atoms with Gasteiger partial charge in [0.15, 0.2) is 11.5 Å². The molecule has 1 N–H and O–H groups in total. The van der Waals surface area contributed by atoms with E-state index < -0.39 is 0 Å². The van der Waals surface area contributed by atoms with Gasteiger partial charge < -0.3 is 15.0 Å². The van der Waals surface area contributed by atoms with Crippen molar-refractivity contribution in [1.82, 2.24) is 19.7 Å². The van der Waals surface area contributed by atoms with Crippen molar-refractivity contribution >= 4 is 36.3 Å². The molecule has 0 radical (unpaired) electrons. The Balaban J connectivity index is 0.00000120. The van der Waals surface area contributed by atoms with Crippen LogP contribution in [0.3, 0.4) is 0 Å². The summed E-state index contributed by atoms with van der Waals surface area (Å²) in [6.45, 7) is 3.98. The number of hydrogen-bond donors (Lipinski definition) is 1. The molecule has 0 amide bonds. The first-order valence-electron chi connectivity index (χ1n) is 9.92. The maximum absolute atomic E-state index is 5.93. The molecule has 2 aliphatic heterocycles. The Bertz CT molecular complexity index is 918. The van der Waals surface area contributed by atoms with E-state index in [1.807, 2.05) is 30.7 Å². The predicted molar refractivity (Wildman–Crippen MR) is 121 cm³/mol. The maximum atomic E-state index is 5.93. The van der Waals surface area contributed by atoms with Crippen LogP contribution in [0.15, 0.2) is 42.9 Å². The van der Waals surface area contributed by atoms with E-state index in [-0.39, 0.29) is 24.8 Å². The van der Waals surface area contributed by atoms with Gasteiger partial charge in [0.1, 0.15) is 12.4 Å². The molecule has 2 aliphatic rings. The highest BCUT2D eigenvalue weighted by Gasteiger charge is 2.19. The Morgan fingerprint density at radius 3 is 2.55 bits per heavy atom. The summed E-state index contributed by atoms with van der Waals surface area (Å²) >= 11 is 0. The standard InChI is InChI=1S/C21H25N5O.2ClH/c1-2-12-25(11-1)20-21-24-14-19(26(21)13-10-23-20)16-5-7-18(8-6-16)27-15-17-4-3-9-22-17;;/h5-8,10,13-14,17,22H,1-4,9,11-12,15H2;2*1H. The highest BCUT2D eigenvalue weighted by atomic mass is 35.5. The molecule has 0 aliphatic carbocycles. The number of benzene rings is 1. The number of halogens is 2. The fourth-order valence-corrected chi connectivity index (χ4v) is 4.09. The van der Waals surface area contributed by atoms with E-state index in [0.29, 0.717) is 6.04 Å².